The van der Waals surface area contributed by atoms with Crippen molar-refractivity contribution in [1.29, 1.82) is 0 Å². The van der Waals surface area contributed by atoms with Gasteiger partial charge >= 0.3 is 0 Å². The van der Waals surface area contributed by atoms with Gasteiger partial charge in [-0.25, -0.2) is 13.1 Å². The second kappa shape index (κ2) is 11.5. The first-order valence-corrected chi connectivity index (χ1v) is 10.9. The zero-order valence-corrected chi connectivity index (χ0v) is 16.9. The molecular weight excluding hydrogens is 336 g/mol. The van der Waals surface area contributed by atoms with Gasteiger partial charge in [0.15, 0.2) is 0 Å². The highest BCUT2D eigenvalue weighted by Gasteiger charge is 2.17. The van der Waals surface area contributed by atoms with Gasteiger partial charge in [-0.05, 0) is 70.1 Å². The molecule has 1 unspecified atom stereocenters. The molecule has 0 fully saturated rings. The molecule has 1 aromatic rings. The first kappa shape index (κ1) is 21.9. The Morgan fingerprint density at radius 2 is 1.72 bits per heavy atom. The van der Waals surface area contributed by atoms with Crippen molar-refractivity contribution in [2.75, 3.05) is 26.2 Å². The molecule has 0 saturated carbocycles. The molecule has 1 N–H and O–H groups in total. The quantitative estimate of drug-likeness (QED) is 0.539. The van der Waals surface area contributed by atoms with Crippen LogP contribution in [0.4, 0.5) is 0 Å². The minimum atomic E-state index is -3.48. The Morgan fingerprint density at radius 1 is 1.08 bits per heavy atom. The van der Waals surface area contributed by atoms with Crippen LogP contribution in [-0.2, 0) is 10.0 Å². The van der Waals surface area contributed by atoms with Gasteiger partial charge in [-0.15, -0.1) is 0 Å². The van der Waals surface area contributed by atoms with E-state index in [4.69, 9.17) is 4.74 Å². The molecule has 0 heterocycles. The van der Waals surface area contributed by atoms with Crippen molar-refractivity contribution in [2.45, 2.75) is 64.3 Å². The average Bonchev–Trinajstić information content (AvgIpc) is 2.59. The summed E-state index contributed by atoms with van der Waals surface area (Å²) in [5, 5.41) is 0. The highest BCUT2D eigenvalue weighted by atomic mass is 32.2. The van der Waals surface area contributed by atoms with Crippen LogP contribution in [0.25, 0.3) is 0 Å². The van der Waals surface area contributed by atoms with E-state index in [1.807, 2.05) is 6.92 Å². The van der Waals surface area contributed by atoms with Crippen molar-refractivity contribution >= 4 is 10.0 Å². The van der Waals surface area contributed by atoms with Crippen molar-refractivity contribution in [3.05, 3.63) is 24.3 Å². The Morgan fingerprint density at radius 3 is 2.28 bits per heavy atom. The third-order valence-corrected chi connectivity index (χ3v) is 5.87. The maximum atomic E-state index is 12.5. The van der Waals surface area contributed by atoms with E-state index in [9.17, 15) is 8.42 Å². The first-order valence-electron chi connectivity index (χ1n) is 9.40. The molecule has 1 aromatic carbocycles. The van der Waals surface area contributed by atoms with Gasteiger partial charge in [-0.2, -0.15) is 0 Å². The fraction of sp³-hybridized carbons (Fsp3) is 0.684. The van der Waals surface area contributed by atoms with Crippen LogP contribution in [0.5, 0.6) is 5.75 Å². The molecule has 0 radical (unpaired) electrons. The number of sulfonamides is 1. The van der Waals surface area contributed by atoms with Crippen molar-refractivity contribution in [3.63, 3.8) is 0 Å². The molecule has 1 atom stereocenters. The van der Waals surface area contributed by atoms with E-state index in [1.54, 1.807) is 24.3 Å². The summed E-state index contributed by atoms with van der Waals surface area (Å²) in [4.78, 5) is 2.63. The summed E-state index contributed by atoms with van der Waals surface area (Å²) in [6.07, 6.45) is 3.87. The SMILES string of the molecule is CCCCOc1ccc(S(=O)(=O)NC(C)CCCN(CC)CC)cc1. The predicted molar refractivity (Wildman–Crippen MR) is 104 cm³/mol. The molecule has 6 heteroatoms. The van der Waals surface area contributed by atoms with Crippen LogP contribution in [0.3, 0.4) is 0 Å². The molecule has 1 rings (SSSR count). The Labute approximate surface area is 153 Å². The molecule has 0 amide bonds. The third-order valence-electron chi connectivity index (χ3n) is 4.26. The number of hydrogen-bond donors (Lipinski definition) is 1. The maximum absolute atomic E-state index is 12.5. The van der Waals surface area contributed by atoms with Crippen LogP contribution < -0.4 is 9.46 Å². The highest BCUT2D eigenvalue weighted by molar-refractivity contribution is 7.89. The number of nitrogens with one attached hydrogen (secondary N) is 1. The maximum Gasteiger partial charge on any atom is 0.240 e. The third kappa shape index (κ3) is 8.21. The van der Waals surface area contributed by atoms with E-state index >= 15 is 0 Å². The Balaban J connectivity index is 2.50. The number of hydrogen-bond acceptors (Lipinski definition) is 4. The van der Waals surface area contributed by atoms with Gasteiger partial charge in [0.05, 0.1) is 11.5 Å². The summed E-state index contributed by atoms with van der Waals surface area (Å²) in [6.45, 7) is 12.0. The molecule has 5 nitrogen and oxygen atoms in total. The van der Waals surface area contributed by atoms with Gasteiger partial charge in [0.2, 0.25) is 10.0 Å². The highest BCUT2D eigenvalue weighted by Crippen LogP contribution is 2.17. The van der Waals surface area contributed by atoms with Gasteiger partial charge in [0.25, 0.3) is 0 Å². The summed E-state index contributed by atoms with van der Waals surface area (Å²) >= 11 is 0. The number of unbranched alkanes of at least 4 members (excludes halogenated alkanes) is 1. The van der Waals surface area contributed by atoms with Crippen LogP contribution in [0.2, 0.25) is 0 Å². The summed E-state index contributed by atoms with van der Waals surface area (Å²) < 4.78 is 33.3. The molecule has 0 spiro atoms. The van der Waals surface area contributed by atoms with Gasteiger partial charge in [-0.1, -0.05) is 27.2 Å². The summed E-state index contributed by atoms with van der Waals surface area (Å²) in [5.74, 6) is 0.708. The van der Waals surface area contributed by atoms with E-state index < -0.39 is 10.0 Å². The van der Waals surface area contributed by atoms with Gasteiger partial charge in [-0.3, -0.25) is 0 Å². The molecule has 0 aliphatic heterocycles. The van der Waals surface area contributed by atoms with Gasteiger partial charge in [0, 0.05) is 6.04 Å². The summed E-state index contributed by atoms with van der Waals surface area (Å²) in [6, 6.07) is 6.56. The number of ether oxygens (including phenoxy) is 1. The topological polar surface area (TPSA) is 58.6 Å². The lowest BCUT2D eigenvalue weighted by Gasteiger charge is -2.19. The van der Waals surface area contributed by atoms with E-state index in [0.717, 1.165) is 45.3 Å². The minimum absolute atomic E-state index is 0.0824. The normalized spacial score (nSPS) is 13.2. The molecule has 0 aromatic heterocycles. The van der Waals surface area contributed by atoms with Crippen molar-refractivity contribution in [3.8, 4) is 5.75 Å². The van der Waals surface area contributed by atoms with Gasteiger partial charge < -0.3 is 9.64 Å². The number of rotatable bonds is 13. The van der Waals surface area contributed by atoms with Crippen molar-refractivity contribution < 1.29 is 13.2 Å². The molecule has 0 aliphatic carbocycles. The molecule has 25 heavy (non-hydrogen) atoms. The lowest BCUT2D eigenvalue weighted by Crippen LogP contribution is -2.33. The fourth-order valence-electron chi connectivity index (χ4n) is 2.60. The molecule has 144 valence electrons. The molecule has 0 aliphatic rings. The first-order chi connectivity index (χ1) is 11.9. The zero-order valence-electron chi connectivity index (χ0n) is 16.1. The van der Waals surface area contributed by atoms with E-state index in [-0.39, 0.29) is 10.9 Å². The van der Waals surface area contributed by atoms with Crippen LogP contribution in [-0.4, -0.2) is 45.6 Å². The van der Waals surface area contributed by atoms with Crippen LogP contribution in [0, 0.1) is 0 Å². The van der Waals surface area contributed by atoms with E-state index in [2.05, 4.69) is 30.4 Å². The second-order valence-corrected chi connectivity index (χ2v) is 8.08. The molecular formula is C19H34N2O3S. The standard InChI is InChI=1S/C19H34N2O3S/c1-5-8-16-24-18-11-13-19(14-12-18)25(22,23)20-17(4)10-9-15-21(6-2)7-3/h11-14,17,20H,5-10,15-16H2,1-4H3. The number of benzene rings is 1. The Kier molecular flexibility index (Phi) is 10.1. The van der Waals surface area contributed by atoms with Crippen LogP contribution >= 0.6 is 0 Å². The Hall–Kier alpha value is -1.11. The predicted octanol–water partition coefficient (Wildman–Crippen LogP) is 3.65. The lowest BCUT2D eigenvalue weighted by atomic mass is 10.2. The Bertz CT molecular complexity index is 569. The molecule has 0 bridgehead atoms. The zero-order chi connectivity index (χ0) is 18.7. The number of nitrogens with zero attached hydrogens (tertiary/aromatic N) is 1. The van der Waals surface area contributed by atoms with Crippen LogP contribution in [0.1, 0.15) is 53.4 Å². The largest absolute Gasteiger partial charge is 0.494 e. The van der Waals surface area contributed by atoms with Gasteiger partial charge in [0.1, 0.15) is 5.75 Å². The lowest BCUT2D eigenvalue weighted by molar-refractivity contribution is 0.293. The van der Waals surface area contributed by atoms with Crippen LogP contribution in [0.15, 0.2) is 29.2 Å². The average molecular weight is 371 g/mol. The molecule has 0 saturated heterocycles. The minimum Gasteiger partial charge on any atom is -0.494 e. The smallest absolute Gasteiger partial charge is 0.240 e. The fourth-order valence-corrected chi connectivity index (χ4v) is 3.88. The van der Waals surface area contributed by atoms with E-state index in [1.165, 1.54) is 0 Å². The second-order valence-electron chi connectivity index (χ2n) is 6.36. The summed E-state index contributed by atoms with van der Waals surface area (Å²) in [5.41, 5.74) is 0. The van der Waals surface area contributed by atoms with E-state index in [0.29, 0.717) is 12.4 Å². The monoisotopic (exact) mass is 370 g/mol. The van der Waals surface area contributed by atoms with Crippen molar-refractivity contribution in [2.24, 2.45) is 0 Å². The van der Waals surface area contributed by atoms with Crippen molar-refractivity contribution in [1.82, 2.24) is 9.62 Å². The summed E-state index contributed by atoms with van der Waals surface area (Å²) in [7, 11) is -3.48.